The van der Waals surface area contributed by atoms with Crippen molar-refractivity contribution in [1.29, 1.82) is 0 Å². The molecule has 4 saturated heterocycles. The quantitative estimate of drug-likeness (QED) is 0.0501. The van der Waals surface area contributed by atoms with Gasteiger partial charge in [-0.3, -0.25) is 4.79 Å². The summed E-state index contributed by atoms with van der Waals surface area (Å²) < 4.78 is 54.1. The van der Waals surface area contributed by atoms with Crippen molar-refractivity contribution in [2.75, 3.05) is 26.4 Å². The molecule has 0 unspecified atom stereocenters. The van der Waals surface area contributed by atoms with Crippen molar-refractivity contribution in [3.8, 4) is 0 Å². The third kappa shape index (κ3) is 11.3. The largest absolute Gasteiger partial charge is 0.463 e. The average molecular weight is 1120 g/mol. The SMILES string of the molecule is CC(=O)OC[C@H]1O[C@@H](O[C@H]2[C@H](O[C@H]3CC[C@]4(C)[C@H]5C[C@@H](O)[C@@H]6[C@@H]([C@](C)(CCC=C(C)C)O[C@@H]7O[C@H](CO[C@@H]8OC[C@@H](O)[C@H](O)[C@H]8O)[C@@H](O)[C@H](O)[C@H]7O)CC[C@@]6(C)[C@]5(C)CC[C@H]4C3(C)C)O[C@H](CO)[C@@H](O)[C@@H]2O)[C@H](O)[C@@H](O)[C@@H]1O. The molecule has 0 spiro atoms. The van der Waals surface area contributed by atoms with Crippen LogP contribution in [-0.2, 0) is 47.4 Å². The van der Waals surface area contributed by atoms with Crippen molar-refractivity contribution in [1.82, 2.24) is 0 Å². The molecule has 0 aromatic rings. The van der Waals surface area contributed by atoms with Crippen LogP contribution in [0.15, 0.2) is 11.6 Å². The van der Waals surface area contributed by atoms with E-state index in [9.17, 15) is 71.2 Å². The Morgan fingerprint density at radius 1 is 0.615 bits per heavy atom. The van der Waals surface area contributed by atoms with Crippen LogP contribution >= 0.6 is 0 Å². The minimum Gasteiger partial charge on any atom is -0.463 e. The number of hydrogen-bond donors (Lipinski definition) is 13. The third-order valence-electron chi connectivity index (χ3n) is 20.8. The second-order valence-electron chi connectivity index (χ2n) is 25.9. The van der Waals surface area contributed by atoms with E-state index < -0.39 is 171 Å². The molecule has 0 amide bonds. The predicted octanol–water partition coefficient (Wildman–Crippen LogP) is -0.993. The van der Waals surface area contributed by atoms with Gasteiger partial charge in [0.1, 0.15) is 98.2 Å². The van der Waals surface area contributed by atoms with E-state index in [4.69, 9.17) is 42.6 Å². The fourth-order valence-electron chi connectivity index (χ4n) is 16.2. The highest BCUT2D eigenvalue weighted by molar-refractivity contribution is 5.65. The smallest absolute Gasteiger partial charge is 0.302 e. The molecule has 78 heavy (non-hydrogen) atoms. The van der Waals surface area contributed by atoms with Gasteiger partial charge >= 0.3 is 5.97 Å². The van der Waals surface area contributed by atoms with Crippen LogP contribution in [0.3, 0.4) is 0 Å². The third-order valence-corrected chi connectivity index (χ3v) is 20.8. The Bertz CT molecular complexity index is 2060. The summed E-state index contributed by atoms with van der Waals surface area (Å²) in [6.45, 7) is 16.5. The first kappa shape index (κ1) is 62.4. The minimum absolute atomic E-state index is 0.0339. The van der Waals surface area contributed by atoms with Crippen LogP contribution in [0.4, 0.5) is 0 Å². The van der Waals surface area contributed by atoms with E-state index in [0.717, 1.165) is 31.8 Å². The van der Waals surface area contributed by atoms with Gasteiger partial charge in [0.2, 0.25) is 0 Å². The molecule has 4 aliphatic carbocycles. The van der Waals surface area contributed by atoms with Crippen molar-refractivity contribution < 1.29 is 114 Å². The summed E-state index contributed by atoms with van der Waals surface area (Å²) >= 11 is 0. The lowest BCUT2D eigenvalue weighted by atomic mass is 9.35. The molecular formula is C55H92O23. The van der Waals surface area contributed by atoms with Crippen LogP contribution in [0, 0.1) is 45.3 Å². The molecule has 29 atom stereocenters. The lowest BCUT2D eigenvalue weighted by molar-refractivity contribution is -0.378. The molecule has 4 heterocycles. The molecule has 8 aliphatic rings. The molecule has 13 N–H and O–H groups in total. The first-order valence-corrected chi connectivity index (χ1v) is 28.2. The van der Waals surface area contributed by atoms with Gasteiger partial charge in [0.15, 0.2) is 25.2 Å². The van der Waals surface area contributed by atoms with Gasteiger partial charge in [0, 0.05) is 6.92 Å². The number of aliphatic hydroxyl groups is 13. The van der Waals surface area contributed by atoms with Crippen LogP contribution in [0.25, 0.3) is 0 Å². The van der Waals surface area contributed by atoms with Crippen molar-refractivity contribution in [3.05, 3.63) is 11.6 Å². The molecule has 8 rings (SSSR count). The first-order chi connectivity index (χ1) is 36.4. The second-order valence-corrected chi connectivity index (χ2v) is 25.9. The summed E-state index contributed by atoms with van der Waals surface area (Å²) in [7, 11) is 0. The molecule has 4 aliphatic heterocycles. The van der Waals surface area contributed by atoms with Gasteiger partial charge in [-0.15, -0.1) is 0 Å². The van der Waals surface area contributed by atoms with Crippen LogP contribution in [0.5, 0.6) is 0 Å². The number of rotatable bonds is 16. The van der Waals surface area contributed by atoms with E-state index >= 15 is 0 Å². The van der Waals surface area contributed by atoms with E-state index in [1.165, 1.54) is 0 Å². The van der Waals surface area contributed by atoms with Crippen molar-refractivity contribution in [3.63, 3.8) is 0 Å². The van der Waals surface area contributed by atoms with Gasteiger partial charge in [-0.2, -0.15) is 0 Å². The van der Waals surface area contributed by atoms with Gasteiger partial charge in [-0.1, -0.05) is 46.3 Å². The standard InChI is InChI=1S/C55H92O23/c1-24(2)11-10-15-55(9,78-49-45(69)41(65)39(63)31(75-49)23-72-47-43(67)36(60)28(59)21-71-47)26-12-17-54(8)35(26)27(58)19-33-52(6)16-14-34(51(4,5)32(52)13-18-53(33,54)7)76-50-46(42(66)37(61)29(20-56)73-50)77-48-44(68)40(64)38(62)30(74-48)22-70-25(3)57/h11,26-50,56,58-69H,10,12-23H2,1-9H3/t26-,27+,28+,29+,30+,31+,32-,33+,34-,35-,36-,37+,38+,39+,40-,41-,42-,43+,44+,45+,46+,47-,48-,49-,50-,52-,53+,54+,55-/m0/s1. The molecule has 23 heteroatoms. The maximum Gasteiger partial charge on any atom is 0.302 e. The molecule has 450 valence electrons. The first-order valence-electron chi connectivity index (χ1n) is 28.2. The number of esters is 1. The number of aliphatic hydroxyl groups excluding tert-OH is 13. The summed E-state index contributed by atoms with van der Waals surface area (Å²) in [6, 6.07) is 0. The Kier molecular flexibility index (Phi) is 19.0. The summed E-state index contributed by atoms with van der Waals surface area (Å²) in [5.41, 5.74) is -1.55. The van der Waals surface area contributed by atoms with Crippen molar-refractivity contribution >= 4 is 5.97 Å². The molecule has 0 aromatic carbocycles. The number of fused-ring (bicyclic) bond motifs is 5. The number of ether oxygens (including phenoxy) is 9. The fourth-order valence-corrected chi connectivity index (χ4v) is 16.2. The summed E-state index contributed by atoms with van der Waals surface area (Å²) in [5.74, 6) is -1.12. The highest BCUT2D eigenvalue weighted by atomic mass is 16.8. The summed E-state index contributed by atoms with van der Waals surface area (Å²) in [5, 5.41) is 142. The molecule has 4 saturated carbocycles. The second kappa shape index (κ2) is 23.8. The fraction of sp³-hybridized carbons (Fsp3) is 0.945. The highest BCUT2D eigenvalue weighted by Crippen LogP contribution is 2.76. The topological polar surface area (TPSA) is 363 Å². The Balaban J connectivity index is 1.01. The number of allylic oxidation sites excluding steroid dienone is 2. The van der Waals surface area contributed by atoms with E-state index in [1.807, 2.05) is 20.8 Å². The van der Waals surface area contributed by atoms with Crippen LogP contribution in [-0.4, -0.2) is 233 Å². The molecule has 0 bridgehead atoms. The zero-order chi connectivity index (χ0) is 57.4. The van der Waals surface area contributed by atoms with Gasteiger partial charge in [-0.25, -0.2) is 0 Å². The Hall–Kier alpha value is -1.63. The van der Waals surface area contributed by atoms with E-state index in [2.05, 4.69) is 40.7 Å². The van der Waals surface area contributed by atoms with E-state index in [1.54, 1.807) is 0 Å². The lowest BCUT2D eigenvalue weighted by Crippen LogP contribution is -2.68. The predicted molar refractivity (Wildman–Crippen MR) is 270 cm³/mol. The zero-order valence-corrected chi connectivity index (χ0v) is 46.6. The highest BCUT2D eigenvalue weighted by Gasteiger charge is 2.72. The summed E-state index contributed by atoms with van der Waals surface area (Å²) in [4.78, 5) is 11.6. The van der Waals surface area contributed by atoms with Crippen LogP contribution < -0.4 is 0 Å². The average Bonchev–Trinajstić information content (AvgIpc) is 3.04. The monoisotopic (exact) mass is 1120 g/mol. The maximum absolute atomic E-state index is 12.9. The number of carbonyl (C=O) groups excluding carboxylic acids is 1. The Labute approximate surface area is 456 Å². The van der Waals surface area contributed by atoms with Gasteiger partial charge in [0.25, 0.3) is 0 Å². The molecule has 23 nitrogen and oxygen atoms in total. The number of carbonyl (C=O) groups is 1. The number of hydrogen-bond acceptors (Lipinski definition) is 23. The normalized spacial score (nSPS) is 51.1. The van der Waals surface area contributed by atoms with Crippen molar-refractivity contribution in [2.45, 2.75) is 255 Å². The zero-order valence-electron chi connectivity index (χ0n) is 46.6. The molecule has 0 aromatic heterocycles. The molecule has 0 radical (unpaired) electrons. The van der Waals surface area contributed by atoms with E-state index in [-0.39, 0.29) is 41.1 Å². The Morgan fingerprint density at radius 2 is 1.21 bits per heavy atom. The van der Waals surface area contributed by atoms with Gasteiger partial charge in [-0.05, 0) is 124 Å². The van der Waals surface area contributed by atoms with Crippen LogP contribution in [0.1, 0.15) is 120 Å². The van der Waals surface area contributed by atoms with E-state index in [0.29, 0.717) is 38.5 Å². The van der Waals surface area contributed by atoms with Gasteiger partial charge in [0.05, 0.1) is 37.6 Å². The van der Waals surface area contributed by atoms with Crippen LogP contribution in [0.2, 0.25) is 0 Å². The summed E-state index contributed by atoms with van der Waals surface area (Å²) in [6.07, 6.45) is -23.1. The van der Waals surface area contributed by atoms with Crippen molar-refractivity contribution in [2.24, 2.45) is 45.3 Å². The van der Waals surface area contributed by atoms with Gasteiger partial charge < -0.3 is 109 Å². The minimum atomic E-state index is -1.85. The maximum atomic E-state index is 12.9. The lowest BCUT2D eigenvalue weighted by Gasteiger charge is -2.71. The molecular weight excluding hydrogens is 1030 g/mol. The Morgan fingerprint density at radius 3 is 1.85 bits per heavy atom. The molecule has 8 fully saturated rings.